The van der Waals surface area contributed by atoms with Gasteiger partial charge in [0.25, 0.3) is 0 Å². The third-order valence-electron chi connectivity index (χ3n) is 4.50. The average molecular weight is 417 g/mol. The van der Waals surface area contributed by atoms with Gasteiger partial charge >= 0.3 is 0 Å². The quantitative estimate of drug-likeness (QED) is 0.460. The maximum atomic E-state index is 11.3. The maximum absolute atomic E-state index is 11.3. The molecule has 0 aliphatic heterocycles. The Morgan fingerprint density at radius 2 is 1.77 bits per heavy atom. The van der Waals surface area contributed by atoms with Gasteiger partial charge < -0.3 is 10.5 Å². The molecule has 30 heavy (non-hydrogen) atoms. The first-order valence-electron chi connectivity index (χ1n) is 9.18. The van der Waals surface area contributed by atoms with Gasteiger partial charge in [-0.05, 0) is 42.0 Å². The number of carbonyl (C=O) groups excluding carboxylic acids is 1. The minimum absolute atomic E-state index is 0.438. The topological polar surface area (TPSA) is 95.9 Å². The smallest absolute Gasteiger partial charge is 0.248 e. The molecule has 4 rings (SSSR count). The van der Waals surface area contributed by atoms with Crippen LogP contribution >= 0.6 is 11.8 Å². The first-order valence-corrected chi connectivity index (χ1v) is 10.2. The van der Waals surface area contributed by atoms with Gasteiger partial charge in [-0.25, -0.2) is 0 Å². The van der Waals surface area contributed by atoms with E-state index >= 15 is 0 Å². The lowest BCUT2D eigenvalue weighted by molar-refractivity contribution is 0.100. The summed E-state index contributed by atoms with van der Waals surface area (Å²) in [6.45, 7) is 0. The number of carbonyl (C=O) groups is 1. The lowest BCUT2D eigenvalue weighted by Gasteiger charge is -2.13. The number of nitrogens with zero attached hydrogens (tertiary/aromatic N) is 4. The first kappa shape index (κ1) is 19.7. The Labute approximate surface area is 177 Å². The molecule has 0 fully saturated rings. The number of aromatic nitrogens is 4. The molecule has 2 heterocycles. The van der Waals surface area contributed by atoms with Crippen molar-refractivity contribution in [3.05, 3.63) is 84.2 Å². The average Bonchev–Trinajstić information content (AvgIpc) is 3.22. The molecule has 0 atom stereocenters. The summed E-state index contributed by atoms with van der Waals surface area (Å²) in [6.07, 6.45) is 3.45. The molecule has 8 heteroatoms. The second-order valence-corrected chi connectivity index (χ2v) is 7.34. The van der Waals surface area contributed by atoms with Gasteiger partial charge in [0.1, 0.15) is 5.75 Å². The summed E-state index contributed by atoms with van der Waals surface area (Å²) in [4.78, 5) is 15.4. The van der Waals surface area contributed by atoms with Crippen molar-refractivity contribution in [2.45, 2.75) is 10.9 Å². The fourth-order valence-electron chi connectivity index (χ4n) is 3.00. The van der Waals surface area contributed by atoms with Crippen molar-refractivity contribution < 1.29 is 9.53 Å². The number of amides is 1. The van der Waals surface area contributed by atoms with Crippen molar-refractivity contribution in [3.8, 4) is 22.8 Å². The van der Waals surface area contributed by atoms with E-state index in [1.165, 1.54) is 0 Å². The number of hydrogen-bond acceptors (Lipinski definition) is 6. The largest absolute Gasteiger partial charge is 0.495 e. The number of ether oxygens (including phenoxy) is 1. The standard InChI is InChI=1S/C22H19N5O2S/c1-29-19-5-3-2-4-18(19)27-21(17-10-12-24-13-11-17)25-26-22(27)30-14-15-6-8-16(9-7-15)20(23)28/h2-13H,14H2,1H3,(H2,23,28). The number of rotatable bonds is 7. The highest BCUT2D eigenvalue weighted by Crippen LogP contribution is 2.33. The summed E-state index contributed by atoms with van der Waals surface area (Å²) in [7, 11) is 1.64. The molecule has 0 spiro atoms. The van der Waals surface area contributed by atoms with E-state index in [-0.39, 0.29) is 0 Å². The lowest BCUT2D eigenvalue weighted by Crippen LogP contribution is -2.10. The molecule has 0 saturated heterocycles. The van der Waals surface area contributed by atoms with Gasteiger partial charge in [0.2, 0.25) is 5.91 Å². The normalized spacial score (nSPS) is 10.7. The van der Waals surface area contributed by atoms with E-state index in [0.717, 1.165) is 27.7 Å². The van der Waals surface area contributed by atoms with Crippen molar-refractivity contribution in [1.29, 1.82) is 0 Å². The molecule has 2 aromatic heterocycles. The van der Waals surface area contributed by atoms with E-state index in [2.05, 4.69) is 15.2 Å². The first-order chi connectivity index (χ1) is 14.7. The summed E-state index contributed by atoms with van der Waals surface area (Å²) in [5, 5.41) is 9.59. The van der Waals surface area contributed by atoms with E-state index in [1.807, 2.05) is 53.1 Å². The number of thioether (sulfide) groups is 1. The van der Waals surface area contributed by atoms with Crippen LogP contribution in [-0.4, -0.2) is 32.8 Å². The van der Waals surface area contributed by atoms with Crippen LogP contribution in [0.25, 0.3) is 17.1 Å². The summed E-state index contributed by atoms with van der Waals surface area (Å²) in [6, 6.07) is 18.8. The van der Waals surface area contributed by atoms with Crippen molar-refractivity contribution in [3.63, 3.8) is 0 Å². The van der Waals surface area contributed by atoms with Crippen LogP contribution in [0.5, 0.6) is 5.75 Å². The number of hydrogen-bond donors (Lipinski definition) is 1. The SMILES string of the molecule is COc1ccccc1-n1c(SCc2ccc(C(N)=O)cc2)nnc1-c1ccncc1. The van der Waals surface area contributed by atoms with Crippen molar-refractivity contribution in [1.82, 2.24) is 19.7 Å². The highest BCUT2D eigenvalue weighted by molar-refractivity contribution is 7.98. The van der Waals surface area contributed by atoms with Crippen LogP contribution < -0.4 is 10.5 Å². The van der Waals surface area contributed by atoms with Gasteiger partial charge in [-0.3, -0.25) is 14.3 Å². The number of methoxy groups -OCH3 is 1. The Morgan fingerprint density at radius 3 is 2.47 bits per heavy atom. The van der Waals surface area contributed by atoms with Crippen molar-refractivity contribution >= 4 is 17.7 Å². The van der Waals surface area contributed by atoms with Gasteiger partial charge in [-0.15, -0.1) is 10.2 Å². The van der Waals surface area contributed by atoms with Crippen LogP contribution in [0.1, 0.15) is 15.9 Å². The zero-order chi connectivity index (χ0) is 20.9. The second kappa shape index (κ2) is 8.79. The van der Waals surface area contributed by atoms with E-state index in [9.17, 15) is 4.79 Å². The Bertz CT molecular complexity index is 1160. The zero-order valence-electron chi connectivity index (χ0n) is 16.2. The molecule has 0 aliphatic carbocycles. The van der Waals surface area contributed by atoms with Crippen LogP contribution in [0, 0.1) is 0 Å². The zero-order valence-corrected chi connectivity index (χ0v) is 17.0. The Balaban J connectivity index is 1.71. The summed E-state index contributed by atoms with van der Waals surface area (Å²) >= 11 is 1.55. The van der Waals surface area contributed by atoms with Crippen molar-refractivity contribution in [2.24, 2.45) is 5.73 Å². The van der Waals surface area contributed by atoms with E-state index in [4.69, 9.17) is 10.5 Å². The molecule has 0 aliphatic rings. The Kier molecular flexibility index (Phi) is 5.76. The third-order valence-corrected chi connectivity index (χ3v) is 5.50. The molecule has 2 aromatic carbocycles. The number of nitrogens with two attached hydrogens (primary N) is 1. The molecule has 1 amide bonds. The van der Waals surface area contributed by atoms with Crippen LogP contribution in [0.15, 0.2) is 78.2 Å². The number of primary amides is 1. The summed E-state index contributed by atoms with van der Waals surface area (Å²) in [5.74, 6) is 1.64. The molecule has 7 nitrogen and oxygen atoms in total. The van der Waals surface area contributed by atoms with Crippen molar-refractivity contribution in [2.75, 3.05) is 7.11 Å². The van der Waals surface area contributed by atoms with E-state index < -0.39 is 5.91 Å². The Hall–Kier alpha value is -3.65. The molecular formula is C22H19N5O2S. The predicted molar refractivity (Wildman–Crippen MR) is 116 cm³/mol. The van der Waals surface area contributed by atoms with Gasteiger partial charge in [-0.1, -0.05) is 36.0 Å². The van der Waals surface area contributed by atoms with Crippen LogP contribution in [0.4, 0.5) is 0 Å². The maximum Gasteiger partial charge on any atom is 0.248 e. The molecular weight excluding hydrogens is 398 g/mol. The van der Waals surface area contributed by atoms with Gasteiger partial charge in [0.15, 0.2) is 11.0 Å². The number of pyridine rings is 1. The Morgan fingerprint density at radius 1 is 1.03 bits per heavy atom. The van der Waals surface area contributed by atoms with Crippen LogP contribution in [0.3, 0.4) is 0 Å². The molecule has 0 saturated carbocycles. The lowest BCUT2D eigenvalue weighted by atomic mass is 10.1. The molecule has 0 radical (unpaired) electrons. The highest BCUT2D eigenvalue weighted by Gasteiger charge is 2.19. The van der Waals surface area contributed by atoms with Gasteiger partial charge in [0, 0.05) is 29.3 Å². The molecule has 2 N–H and O–H groups in total. The molecule has 4 aromatic rings. The second-order valence-electron chi connectivity index (χ2n) is 6.40. The highest BCUT2D eigenvalue weighted by atomic mass is 32.2. The third kappa shape index (κ3) is 4.04. The molecule has 150 valence electrons. The molecule has 0 bridgehead atoms. The minimum Gasteiger partial charge on any atom is -0.495 e. The predicted octanol–water partition coefficient (Wildman–Crippen LogP) is 3.73. The van der Waals surface area contributed by atoms with Crippen LogP contribution in [-0.2, 0) is 5.75 Å². The minimum atomic E-state index is -0.438. The fourth-order valence-corrected chi connectivity index (χ4v) is 3.90. The van der Waals surface area contributed by atoms with E-state index in [0.29, 0.717) is 17.1 Å². The fraction of sp³-hybridized carbons (Fsp3) is 0.0909. The summed E-state index contributed by atoms with van der Waals surface area (Å²) in [5.41, 5.74) is 8.60. The van der Waals surface area contributed by atoms with Crippen LogP contribution in [0.2, 0.25) is 0 Å². The molecule has 0 unspecified atom stereocenters. The summed E-state index contributed by atoms with van der Waals surface area (Å²) < 4.78 is 7.55. The number of benzene rings is 2. The van der Waals surface area contributed by atoms with Gasteiger partial charge in [-0.2, -0.15) is 0 Å². The van der Waals surface area contributed by atoms with Gasteiger partial charge in [0.05, 0.1) is 12.8 Å². The number of para-hydroxylation sites is 2. The monoisotopic (exact) mass is 417 g/mol. The van der Waals surface area contributed by atoms with E-state index in [1.54, 1.807) is 43.4 Å².